The molecule has 0 amide bonds. The summed E-state index contributed by atoms with van der Waals surface area (Å²) in [5.41, 5.74) is 1.45. The maximum atomic E-state index is 12.7. The molecule has 0 spiro atoms. The predicted octanol–water partition coefficient (Wildman–Crippen LogP) is 4.65. The number of nitro benzene ring substituents is 1. The van der Waals surface area contributed by atoms with Gasteiger partial charge in [0.15, 0.2) is 11.5 Å². The number of allylic oxidation sites excluding steroid dienone is 1. The SMILES string of the molecule is COc1ccc(Nc2ncccc2C(=O)C=Cc2ccc(OC)c([N+](=O)[O-])c2)cc1. The summed E-state index contributed by atoms with van der Waals surface area (Å²) in [6.07, 6.45) is 4.44. The molecule has 0 atom stereocenters. The Labute approximate surface area is 172 Å². The number of hydrogen-bond donors (Lipinski definition) is 1. The highest BCUT2D eigenvalue weighted by Gasteiger charge is 2.15. The van der Waals surface area contributed by atoms with Gasteiger partial charge in [0.05, 0.1) is 24.7 Å². The van der Waals surface area contributed by atoms with E-state index in [1.165, 1.54) is 31.4 Å². The van der Waals surface area contributed by atoms with Gasteiger partial charge in [-0.25, -0.2) is 4.98 Å². The minimum absolute atomic E-state index is 0.154. The molecule has 0 bridgehead atoms. The number of ketones is 1. The third-order valence-corrected chi connectivity index (χ3v) is 4.25. The van der Waals surface area contributed by atoms with Crippen LogP contribution in [0, 0.1) is 10.1 Å². The first-order valence-corrected chi connectivity index (χ1v) is 8.92. The fourth-order valence-electron chi connectivity index (χ4n) is 2.73. The Kier molecular flexibility index (Phi) is 6.39. The first kappa shape index (κ1) is 20.5. The molecule has 0 aliphatic carbocycles. The van der Waals surface area contributed by atoms with Gasteiger partial charge in [0, 0.05) is 18.0 Å². The van der Waals surface area contributed by atoms with Crippen LogP contribution in [0.3, 0.4) is 0 Å². The van der Waals surface area contributed by atoms with Gasteiger partial charge in [-0.3, -0.25) is 14.9 Å². The molecular formula is C22H19N3O5. The van der Waals surface area contributed by atoms with E-state index in [0.717, 1.165) is 11.4 Å². The van der Waals surface area contributed by atoms with Crippen molar-refractivity contribution in [2.45, 2.75) is 0 Å². The van der Waals surface area contributed by atoms with E-state index in [0.29, 0.717) is 16.9 Å². The van der Waals surface area contributed by atoms with E-state index < -0.39 is 4.92 Å². The lowest BCUT2D eigenvalue weighted by Crippen LogP contribution is -2.03. The largest absolute Gasteiger partial charge is 0.497 e. The molecule has 1 aromatic heterocycles. The van der Waals surface area contributed by atoms with Crippen molar-refractivity contribution in [2.75, 3.05) is 19.5 Å². The number of carbonyl (C=O) groups is 1. The summed E-state index contributed by atoms with van der Waals surface area (Å²) in [5.74, 6) is 0.978. The first-order chi connectivity index (χ1) is 14.5. The molecule has 0 aliphatic heterocycles. The van der Waals surface area contributed by atoms with Gasteiger partial charge in [-0.05, 0) is 54.1 Å². The summed E-state index contributed by atoms with van der Waals surface area (Å²) in [4.78, 5) is 27.6. The summed E-state index contributed by atoms with van der Waals surface area (Å²) in [6, 6.07) is 15.0. The highest BCUT2D eigenvalue weighted by molar-refractivity contribution is 6.10. The Morgan fingerprint density at radius 3 is 2.53 bits per heavy atom. The maximum absolute atomic E-state index is 12.7. The number of pyridine rings is 1. The topological polar surface area (TPSA) is 104 Å². The van der Waals surface area contributed by atoms with E-state index in [4.69, 9.17) is 9.47 Å². The Hall–Kier alpha value is -4.20. The maximum Gasteiger partial charge on any atom is 0.311 e. The minimum Gasteiger partial charge on any atom is -0.497 e. The number of hydrogen-bond acceptors (Lipinski definition) is 7. The van der Waals surface area contributed by atoms with Gasteiger partial charge in [-0.1, -0.05) is 12.1 Å². The Bertz CT molecular complexity index is 1090. The van der Waals surface area contributed by atoms with Gasteiger partial charge in [-0.2, -0.15) is 0 Å². The zero-order chi connectivity index (χ0) is 21.5. The third kappa shape index (κ3) is 4.79. The number of anilines is 2. The molecule has 3 rings (SSSR count). The molecule has 1 heterocycles. The summed E-state index contributed by atoms with van der Waals surface area (Å²) < 4.78 is 10.1. The number of rotatable bonds is 8. The monoisotopic (exact) mass is 405 g/mol. The smallest absolute Gasteiger partial charge is 0.311 e. The van der Waals surface area contributed by atoms with Crippen LogP contribution in [-0.2, 0) is 0 Å². The van der Waals surface area contributed by atoms with Crippen LogP contribution in [0.2, 0.25) is 0 Å². The average molecular weight is 405 g/mol. The van der Waals surface area contributed by atoms with Crippen LogP contribution in [0.25, 0.3) is 6.08 Å². The van der Waals surface area contributed by atoms with Crippen LogP contribution in [-0.4, -0.2) is 29.9 Å². The molecule has 0 unspecified atom stereocenters. The second-order valence-corrected chi connectivity index (χ2v) is 6.14. The van der Waals surface area contributed by atoms with Crippen molar-refractivity contribution in [2.24, 2.45) is 0 Å². The van der Waals surface area contributed by atoms with Crippen molar-refractivity contribution in [3.05, 3.63) is 88.1 Å². The van der Waals surface area contributed by atoms with Crippen LogP contribution in [0.1, 0.15) is 15.9 Å². The van der Waals surface area contributed by atoms with E-state index in [2.05, 4.69) is 10.3 Å². The molecule has 8 heteroatoms. The van der Waals surface area contributed by atoms with Gasteiger partial charge in [0.2, 0.25) is 0 Å². The van der Waals surface area contributed by atoms with Crippen LogP contribution in [0.15, 0.2) is 66.9 Å². The van der Waals surface area contributed by atoms with Crippen molar-refractivity contribution in [3.8, 4) is 11.5 Å². The Balaban J connectivity index is 1.82. The highest BCUT2D eigenvalue weighted by atomic mass is 16.6. The molecule has 30 heavy (non-hydrogen) atoms. The molecule has 2 aromatic carbocycles. The van der Waals surface area contributed by atoms with Crippen molar-refractivity contribution in [3.63, 3.8) is 0 Å². The summed E-state index contributed by atoms with van der Waals surface area (Å²) in [6.45, 7) is 0. The summed E-state index contributed by atoms with van der Waals surface area (Å²) >= 11 is 0. The lowest BCUT2D eigenvalue weighted by Gasteiger charge is -2.09. The Morgan fingerprint density at radius 2 is 1.87 bits per heavy atom. The second kappa shape index (κ2) is 9.33. The average Bonchev–Trinajstić information content (AvgIpc) is 2.78. The molecule has 0 radical (unpaired) electrons. The summed E-state index contributed by atoms with van der Waals surface area (Å²) in [5, 5.41) is 14.3. The molecule has 0 saturated heterocycles. The fraction of sp³-hybridized carbons (Fsp3) is 0.0909. The van der Waals surface area contributed by atoms with Gasteiger partial charge >= 0.3 is 5.69 Å². The van der Waals surface area contributed by atoms with E-state index in [-0.39, 0.29) is 17.2 Å². The van der Waals surface area contributed by atoms with E-state index in [9.17, 15) is 14.9 Å². The van der Waals surface area contributed by atoms with Crippen molar-refractivity contribution in [1.29, 1.82) is 0 Å². The number of carbonyl (C=O) groups excluding carboxylic acids is 1. The zero-order valence-corrected chi connectivity index (χ0v) is 16.4. The first-order valence-electron chi connectivity index (χ1n) is 8.92. The molecule has 0 fully saturated rings. The van der Waals surface area contributed by atoms with E-state index >= 15 is 0 Å². The molecule has 1 N–H and O–H groups in total. The molecule has 0 aliphatic rings. The zero-order valence-electron chi connectivity index (χ0n) is 16.4. The Morgan fingerprint density at radius 1 is 1.10 bits per heavy atom. The van der Waals surface area contributed by atoms with Crippen LogP contribution in [0.5, 0.6) is 11.5 Å². The van der Waals surface area contributed by atoms with Gasteiger partial charge < -0.3 is 14.8 Å². The molecule has 3 aromatic rings. The van der Waals surface area contributed by atoms with Gasteiger partial charge in [-0.15, -0.1) is 0 Å². The number of nitrogens with zero attached hydrogens (tertiary/aromatic N) is 2. The van der Waals surface area contributed by atoms with Crippen LogP contribution < -0.4 is 14.8 Å². The van der Waals surface area contributed by atoms with E-state index in [1.54, 1.807) is 43.6 Å². The van der Waals surface area contributed by atoms with Crippen molar-refractivity contribution in [1.82, 2.24) is 4.98 Å². The van der Waals surface area contributed by atoms with Gasteiger partial charge in [0.1, 0.15) is 11.6 Å². The summed E-state index contributed by atoms with van der Waals surface area (Å²) in [7, 11) is 2.95. The number of nitro groups is 1. The van der Waals surface area contributed by atoms with Crippen LogP contribution >= 0.6 is 0 Å². The number of aromatic nitrogens is 1. The molecular weight excluding hydrogens is 386 g/mol. The quantitative estimate of drug-likeness (QED) is 0.252. The number of nitrogens with one attached hydrogen (secondary N) is 1. The standard InChI is InChI=1S/C22H19N3O5/c1-29-17-9-7-16(8-10-17)24-22-18(4-3-13-23-22)20(26)11-5-15-6-12-21(30-2)19(14-15)25(27)28/h3-14H,1-2H3,(H,23,24). The third-order valence-electron chi connectivity index (χ3n) is 4.25. The molecule has 0 saturated carbocycles. The minimum atomic E-state index is -0.532. The predicted molar refractivity (Wildman–Crippen MR) is 114 cm³/mol. The normalized spacial score (nSPS) is 10.6. The van der Waals surface area contributed by atoms with E-state index in [1.807, 2.05) is 12.1 Å². The van der Waals surface area contributed by atoms with Crippen LogP contribution in [0.4, 0.5) is 17.2 Å². The highest BCUT2D eigenvalue weighted by Crippen LogP contribution is 2.28. The number of methoxy groups -OCH3 is 2. The molecule has 152 valence electrons. The van der Waals surface area contributed by atoms with Gasteiger partial charge in [0.25, 0.3) is 0 Å². The second-order valence-electron chi connectivity index (χ2n) is 6.14. The van der Waals surface area contributed by atoms with Crippen molar-refractivity contribution >= 4 is 29.1 Å². The molecule has 8 nitrogen and oxygen atoms in total. The number of ether oxygens (including phenoxy) is 2. The lowest BCUT2D eigenvalue weighted by molar-refractivity contribution is -0.385. The van der Waals surface area contributed by atoms with Crippen molar-refractivity contribution < 1.29 is 19.2 Å². The number of benzene rings is 2. The fourth-order valence-corrected chi connectivity index (χ4v) is 2.73. The lowest BCUT2D eigenvalue weighted by atomic mass is 10.1.